The van der Waals surface area contributed by atoms with Crippen molar-refractivity contribution in [2.24, 2.45) is 0 Å². The summed E-state index contributed by atoms with van der Waals surface area (Å²) in [5, 5.41) is 19.0. The molecule has 2 N–H and O–H groups in total. The first-order valence-corrected chi connectivity index (χ1v) is 4.73. The predicted octanol–water partition coefficient (Wildman–Crippen LogP) is 1.48. The van der Waals surface area contributed by atoms with Crippen molar-refractivity contribution < 1.29 is 10.2 Å². The van der Waals surface area contributed by atoms with Gasteiger partial charge in [0, 0.05) is 5.69 Å². The number of anilines is 1. The van der Waals surface area contributed by atoms with Crippen LogP contribution in [0.25, 0.3) is 0 Å². The highest BCUT2D eigenvalue weighted by Crippen LogP contribution is 2.19. The Balaban J connectivity index is 2.99. The second-order valence-electron chi connectivity index (χ2n) is 3.51. The van der Waals surface area contributed by atoms with Crippen molar-refractivity contribution in [2.75, 3.05) is 4.90 Å². The maximum atomic E-state index is 9.49. The average molecular weight is 195 g/mol. The Kier molecular flexibility index (Phi) is 3.49. The SMILES string of the molecule is Cc1cccc(N(C(C)O)C(C)O)c1. The minimum absolute atomic E-state index is 0.697. The molecule has 0 bridgehead atoms. The number of nitrogens with zero attached hydrogens (tertiary/aromatic N) is 1. The van der Waals surface area contributed by atoms with Crippen LogP contribution in [0, 0.1) is 6.92 Å². The minimum Gasteiger partial charge on any atom is -0.374 e. The summed E-state index contributed by atoms with van der Waals surface area (Å²) >= 11 is 0. The first kappa shape index (κ1) is 11.0. The molecular formula is C11H17NO2. The number of aliphatic hydroxyl groups excluding tert-OH is 2. The zero-order valence-corrected chi connectivity index (χ0v) is 8.81. The Hall–Kier alpha value is -1.06. The van der Waals surface area contributed by atoms with Crippen LogP contribution in [-0.4, -0.2) is 22.7 Å². The molecule has 0 aliphatic rings. The predicted molar refractivity (Wildman–Crippen MR) is 57.0 cm³/mol. The van der Waals surface area contributed by atoms with Crippen LogP contribution in [0.1, 0.15) is 19.4 Å². The van der Waals surface area contributed by atoms with E-state index >= 15 is 0 Å². The first-order valence-electron chi connectivity index (χ1n) is 4.73. The number of rotatable bonds is 3. The quantitative estimate of drug-likeness (QED) is 0.718. The normalized spacial score (nSPS) is 14.9. The van der Waals surface area contributed by atoms with Gasteiger partial charge in [-0.2, -0.15) is 0 Å². The van der Waals surface area contributed by atoms with Gasteiger partial charge in [0.15, 0.2) is 0 Å². The molecule has 0 amide bonds. The smallest absolute Gasteiger partial charge is 0.126 e. The van der Waals surface area contributed by atoms with Gasteiger partial charge < -0.3 is 15.1 Å². The van der Waals surface area contributed by atoms with Crippen LogP contribution in [0.15, 0.2) is 24.3 Å². The molecule has 0 saturated heterocycles. The summed E-state index contributed by atoms with van der Waals surface area (Å²) in [5.41, 5.74) is 1.93. The highest BCUT2D eigenvalue weighted by Gasteiger charge is 2.16. The van der Waals surface area contributed by atoms with Gasteiger partial charge in [-0.25, -0.2) is 0 Å². The summed E-state index contributed by atoms with van der Waals surface area (Å²) in [6.45, 7) is 5.25. The lowest BCUT2D eigenvalue weighted by molar-refractivity contribution is 0.105. The first-order chi connectivity index (χ1) is 6.52. The fourth-order valence-electron chi connectivity index (χ4n) is 1.53. The standard InChI is InChI=1S/C11H17NO2/c1-8-5-4-6-11(7-8)12(9(2)13)10(3)14/h4-7,9-10,13-14H,1-3H3. The van der Waals surface area contributed by atoms with Gasteiger partial charge in [0.1, 0.15) is 12.5 Å². The Morgan fingerprint density at radius 2 is 1.71 bits per heavy atom. The van der Waals surface area contributed by atoms with Crippen molar-refractivity contribution in [3.05, 3.63) is 29.8 Å². The van der Waals surface area contributed by atoms with E-state index < -0.39 is 12.5 Å². The zero-order valence-electron chi connectivity index (χ0n) is 8.81. The van der Waals surface area contributed by atoms with Crippen LogP contribution in [0.2, 0.25) is 0 Å². The molecule has 14 heavy (non-hydrogen) atoms. The molecule has 3 nitrogen and oxygen atoms in total. The van der Waals surface area contributed by atoms with E-state index in [-0.39, 0.29) is 0 Å². The van der Waals surface area contributed by atoms with E-state index in [1.165, 1.54) is 0 Å². The summed E-state index contributed by atoms with van der Waals surface area (Å²) in [6, 6.07) is 7.68. The summed E-state index contributed by atoms with van der Waals surface area (Å²) in [5.74, 6) is 0. The fraction of sp³-hybridized carbons (Fsp3) is 0.455. The number of benzene rings is 1. The molecule has 0 aliphatic heterocycles. The van der Waals surface area contributed by atoms with Crippen LogP contribution in [0.3, 0.4) is 0 Å². The van der Waals surface area contributed by atoms with Gasteiger partial charge in [-0.3, -0.25) is 0 Å². The molecule has 1 rings (SSSR count). The van der Waals surface area contributed by atoms with Gasteiger partial charge in [-0.15, -0.1) is 0 Å². The molecule has 2 unspecified atom stereocenters. The van der Waals surface area contributed by atoms with Crippen LogP contribution in [0.5, 0.6) is 0 Å². The molecule has 3 heteroatoms. The third kappa shape index (κ3) is 2.47. The monoisotopic (exact) mass is 195 g/mol. The van der Waals surface area contributed by atoms with Crippen molar-refractivity contribution in [1.82, 2.24) is 0 Å². The van der Waals surface area contributed by atoms with Crippen LogP contribution in [-0.2, 0) is 0 Å². The molecule has 0 saturated carbocycles. The van der Waals surface area contributed by atoms with E-state index in [4.69, 9.17) is 0 Å². The van der Waals surface area contributed by atoms with E-state index in [0.29, 0.717) is 0 Å². The van der Waals surface area contributed by atoms with Gasteiger partial charge in [-0.1, -0.05) is 12.1 Å². The van der Waals surface area contributed by atoms with Gasteiger partial charge in [0.25, 0.3) is 0 Å². The van der Waals surface area contributed by atoms with E-state index in [1.807, 2.05) is 31.2 Å². The van der Waals surface area contributed by atoms with Crippen molar-refractivity contribution in [2.45, 2.75) is 33.2 Å². The number of hydrogen-bond acceptors (Lipinski definition) is 3. The van der Waals surface area contributed by atoms with Crippen molar-refractivity contribution >= 4 is 5.69 Å². The molecule has 0 aromatic heterocycles. The van der Waals surface area contributed by atoms with Crippen molar-refractivity contribution in [1.29, 1.82) is 0 Å². The molecule has 0 spiro atoms. The van der Waals surface area contributed by atoms with Crippen molar-refractivity contribution in [3.63, 3.8) is 0 Å². The third-order valence-corrected chi connectivity index (χ3v) is 2.10. The lowest BCUT2D eigenvalue weighted by Gasteiger charge is -2.30. The number of aryl methyl sites for hydroxylation is 1. The highest BCUT2D eigenvalue weighted by molar-refractivity contribution is 5.49. The Morgan fingerprint density at radius 1 is 1.14 bits per heavy atom. The van der Waals surface area contributed by atoms with Crippen LogP contribution >= 0.6 is 0 Å². The fourth-order valence-corrected chi connectivity index (χ4v) is 1.53. The van der Waals surface area contributed by atoms with Crippen molar-refractivity contribution in [3.8, 4) is 0 Å². The van der Waals surface area contributed by atoms with Crippen LogP contribution < -0.4 is 4.90 Å². The molecular weight excluding hydrogens is 178 g/mol. The third-order valence-electron chi connectivity index (χ3n) is 2.10. The summed E-state index contributed by atoms with van der Waals surface area (Å²) < 4.78 is 0. The molecule has 0 radical (unpaired) electrons. The lowest BCUT2D eigenvalue weighted by atomic mass is 10.2. The molecule has 1 aromatic rings. The van der Waals surface area contributed by atoms with Gasteiger partial charge in [-0.05, 0) is 38.5 Å². The molecule has 1 aromatic carbocycles. The highest BCUT2D eigenvalue weighted by atomic mass is 16.3. The second-order valence-corrected chi connectivity index (χ2v) is 3.51. The Bertz CT molecular complexity index is 289. The molecule has 78 valence electrons. The second kappa shape index (κ2) is 4.44. The molecule has 0 heterocycles. The molecule has 0 fully saturated rings. The van der Waals surface area contributed by atoms with Crippen LogP contribution in [0.4, 0.5) is 5.69 Å². The van der Waals surface area contributed by atoms with E-state index in [9.17, 15) is 10.2 Å². The maximum absolute atomic E-state index is 9.49. The summed E-state index contributed by atoms with van der Waals surface area (Å²) in [7, 11) is 0. The molecule has 0 aliphatic carbocycles. The minimum atomic E-state index is -0.697. The lowest BCUT2D eigenvalue weighted by Crippen LogP contribution is -2.40. The zero-order chi connectivity index (χ0) is 10.7. The summed E-state index contributed by atoms with van der Waals surface area (Å²) in [4.78, 5) is 1.55. The van der Waals surface area contributed by atoms with Gasteiger partial charge in [0.05, 0.1) is 0 Å². The Labute approximate surface area is 84.6 Å². The van der Waals surface area contributed by atoms with E-state index in [0.717, 1.165) is 11.3 Å². The summed E-state index contributed by atoms with van der Waals surface area (Å²) in [6.07, 6.45) is -1.39. The topological polar surface area (TPSA) is 43.7 Å². The largest absolute Gasteiger partial charge is 0.374 e. The number of hydrogen-bond donors (Lipinski definition) is 2. The number of aliphatic hydroxyl groups is 2. The van der Waals surface area contributed by atoms with Gasteiger partial charge in [0.2, 0.25) is 0 Å². The molecule has 2 atom stereocenters. The maximum Gasteiger partial charge on any atom is 0.126 e. The van der Waals surface area contributed by atoms with Gasteiger partial charge >= 0.3 is 0 Å². The average Bonchev–Trinajstić information content (AvgIpc) is 2.02. The van der Waals surface area contributed by atoms with E-state index in [1.54, 1.807) is 18.7 Å². The Morgan fingerprint density at radius 3 is 2.14 bits per heavy atom. The van der Waals surface area contributed by atoms with E-state index in [2.05, 4.69) is 0 Å².